The number of hydrogen-bond donors (Lipinski definition) is 1. The van der Waals surface area contributed by atoms with E-state index >= 15 is 0 Å². The van der Waals surface area contributed by atoms with Gasteiger partial charge in [0.15, 0.2) is 0 Å². The van der Waals surface area contributed by atoms with E-state index < -0.39 is 17.9 Å². The van der Waals surface area contributed by atoms with Crippen LogP contribution in [0.2, 0.25) is 0 Å². The number of rotatable bonds is 5. The fourth-order valence-corrected chi connectivity index (χ4v) is 2.02. The molecule has 19 heavy (non-hydrogen) atoms. The summed E-state index contributed by atoms with van der Waals surface area (Å²) in [7, 11) is 0. The molecule has 1 saturated heterocycles. The van der Waals surface area contributed by atoms with E-state index in [2.05, 4.69) is 5.32 Å². The van der Waals surface area contributed by atoms with Gasteiger partial charge in [-0.2, -0.15) is 0 Å². The number of ketones is 1. The third kappa shape index (κ3) is 3.19. The third-order valence-corrected chi connectivity index (χ3v) is 3.07. The highest BCUT2D eigenvalue weighted by atomic mass is 16.5. The molecule has 0 bridgehead atoms. The molecule has 0 aliphatic carbocycles. The maximum Gasteiger partial charge on any atom is 0.318 e. The van der Waals surface area contributed by atoms with E-state index in [0.29, 0.717) is 0 Å². The monoisotopic (exact) mass is 261 g/mol. The summed E-state index contributed by atoms with van der Waals surface area (Å²) in [6, 6.07) is 8.80. The van der Waals surface area contributed by atoms with E-state index in [4.69, 9.17) is 4.74 Å². The SMILES string of the molecule is CC(=O)C(C(=O)OCc1ccccc1)[C@H]1CC(=O)N1. The number of hydrogen-bond acceptors (Lipinski definition) is 4. The van der Waals surface area contributed by atoms with Crippen LogP contribution in [0.5, 0.6) is 0 Å². The van der Waals surface area contributed by atoms with E-state index in [0.717, 1.165) is 5.56 Å². The molecule has 1 aromatic rings. The number of nitrogens with one attached hydrogen (secondary N) is 1. The number of Topliss-reactive ketones (excluding diaryl/α,β-unsaturated/α-hetero) is 1. The summed E-state index contributed by atoms with van der Waals surface area (Å²) < 4.78 is 5.13. The summed E-state index contributed by atoms with van der Waals surface area (Å²) in [6.45, 7) is 1.46. The van der Waals surface area contributed by atoms with Gasteiger partial charge in [-0.25, -0.2) is 0 Å². The van der Waals surface area contributed by atoms with Crippen LogP contribution >= 0.6 is 0 Å². The summed E-state index contributed by atoms with van der Waals surface area (Å²) in [5, 5.41) is 2.54. The minimum atomic E-state index is -0.901. The van der Waals surface area contributed by atoms with Gasteiger partial charge >= 0.3 is 5.97 Å². The van der Waals surface area contributed by atoms with Gasteiger partial charge in [-0.05, 0) is 12.5 Å². The smallest absolute Gasteiger partial charge is 0.318 e. The molecule has 0 radical (unpaired) electrons. The van der Waals surface area contributed by atoms with Crippen LogP contribution in [-0.2, 0) is 25.7 Å². The van der Waals surface area contributed by atoms with Crippen molar-refractivity contribution in [3.63, 3.8) is 0 Å². The van der Waals surface area contributed by atoms with Crippen molar-refractivity contribution in [1.29, 1.82) is 0 Å². The van der Waals surface area contributed by atoms with Crippen LogP contribution in [0, 0.1) is 5.92 Å². The zero-order valence-corrected chi connectivity index (χ0v) is 10.6. The van der Waals surface area contributed by atoms with Gasteiger partial charge in [0.1, 0.15) is 18.3 Å². The van der Waals surface area contributed by atoms with Crippen LogP contribution in [0.4, 0.5) is 0 Å². The zero-order chi connectivity index (χ0) is 13.8. The predicted octanol–water partition coefficient (Wildman–Crippen LogP) is 0.823. The first kappa shape index (κ1) is 13.3. The van der Waals surface area contributed by atoms with E-state index in [1.165, 1.54) is 6.92 Å². The van der Waals surface area contributed by atoms with Gasteiger partial charge in [-0.15, -0.1) is 0 Å². The highest BCUT2D eigenvalue weighted by molar-refractivity contribution is 6.01. The Morgan fingerprint density at radius 1 is 1.37 bits per heavy atom. The van der Waals surface area contributed by atoms with Crippen LogP contribution in [0.3, 0.4) is 0 Å². The average molecular weight is 261 g/mol. The van der Waals surface area contributed by atoms with Gasteiger partial charge in [0.2, 0.25) is 5.91 Å². The van der Waals surface area contributed by atoms with Crippen LogP contribution in [0.1, 0.15) is 18.9 Å². The molecule has 1 fully saturated rings. The summed E-state index contributed by atoms with van der Waals surface area (Å²) >= 11 is 0. The van der Waals surface area contributed by atoms with Gasteiger partial charge in [0.05, 0.1) is 6.04 Å². The summed E-state index contributed by atoms with van der Waals surface area (Å²) in [5.41, 5.74) is 0.857. The Hall–Kier alpha value is -2.17. The standard InChI is InChI=1S/C14H15NO4/c1-9(16)13(11-7-12(17)15-11)14(18)19-8-10-5-3-2-4-6-10/h2-6,11,13H,7-8H2,1H3,(H,15,17)/t11-,13?/m1/s1. The lowest BCUT2D eigenvalue weighted by atomic mass is 9.88. The Morgan fingerprint density at radius 2 is 2.00 bits per heavy atom. The molecule has 1 heterocycles. The number of amides is 1. The molecule has 2 atom stereocenters. The second-order valence-corrected chi connectivity index (χ2v) is 4.56. The lowest BCUT2D eigenvalue weighted by Gasteiger charge is -2.31. The zero-order valence-electron chi connectivity index (χ0n) is 10.6. The van der Waals surface area contributed by atoms with Gasteiger partial charge in [-0.1, -0.05) is 30.3 Å². The second kappa shape index (κ2) is 5.65. The lowest BCUT2D eigenvalue weighted by molar-refractivity contribution is -0.156. The Kier molecular flexibility index (Phi) is 3.94. The van der Waals surface area contributed by atoms with E-state index in [1.54, 1.807) is 0 Å². The van der Waals surface area contributed by atoms with Crippen LogP contribution in [0.15, 0.2) is 30.3 Å². The first-order valence-corrected chi connectivity index (χ1v) is 6.08. The Balaban J connectivity index is 1.93. The van der Waals surface area contributed by atoms with Gasteiger partial charge < -0.3 is 10.1 Å². The van der Waals surface area contributed by atoms with Crippen molar-refractivity contribution in [2.24, 2.45) is 5.92 Å². The minimum Gasteiger partial charge on any atom is -0.460 e. The van der Waals surface area contributed by atoms with Crippen molar-refractivity contribution >= 4 is 17.7 Å². The molecule has 5 nitrogen and oxygen atoms in total. The molecule has 1 amide bonds. The molecule has 0 spiro atoms. The van der Waals surface area contributed by atoms with E-state index in [1.807, 2.05) is 30.3 Å². The summed E-state index contributed by atoms with van der Waals surface area (Å²) in [4.78, 5) is 34.3. The molecule has 1 N–H and O–H groups in total. The molecule has 1 aliphatic rings. The molecule has 0 aromatic heterocycles. The molecule has 0 saturated carbocycles. The molecule has 1 unspecified atom stereocenters. The number of β-lactam (4-membered cyclic amide) rings is 1. The van der Waals surface area contributed by atoms with Crippen molar-refractivity contribution in [2.75, 3.05) is 0 Å². The highest BCUT2D eigenvalue weighted by Crippen LogP contribution is 2.18. The summed E-state index contributed by atoms with van der Waals surface area (Å²) in [6.07, 6.45) is 0.199. The fourth-order valence-electron chi connectivity index (χ4n) is 2.02. The van der Waals surface area contributed by atoms with Crippen LogP contribution in [0.25, 0.3) is 0 Å². The highest BCUT2D eigenvalue weighted by Gasteiger charge is 2.41. The number of ether oxygens (including phenoxy) is 1. The Morgan fingerprint density at radius 3 is 2.53 bits per heavy atom. The number of carbonyl (C=O) groups excluding carboxylic acids is 3. The largest absolute Gasteiger partial charge is 0.460 e. The van der Waals surface area contributed by atoms with Crippen LogP contribution in [-0.4, -0.2) is 23.7 Å². The van der Waals surface area contributed by atoms with Crippen molar-refractivity contribution in [1.82, 2.24) is 5.32 Å². The summed E-state index contributed by atoms with van der Waals surface area (Å²) in [5.74, 6) is -1.92. The molecule has 1 aliphatic heterocycles. The maximum absolute atomic E-state index is 11.9. The lowest BCUT2D eigenvalue weighted by Crippen LogP contribution is -2.56. The molecule has 5 heteroatoms. The number of benzene rings is 1. The average Bonchev–Trinajstić information content (AvgIpc) is 2.35. The predicted molar refractivity (Wildman–Crippen MR) is 67.0 cm³/mol. The minimum absolute atomic E-state index is 0.129. The Bertz CT molecular complexity index is 489. The Labute approximate surface area is 110 Å². The molecule has 1 aromatic carbocycles. The topological polar surface area (TPSA) is 72.5 Å². The third-order valence-electron chi connectivity index (χ3n) is 3.07. The normalized spacial score (nSPS) is 19.0. The van der Waals surface area contributed by atoms with Crippen molar-refractivity contribution in [2.45, 2.75) is 26.0 Å². The fraction of sp³-hybridized carbons (Fsp3) is 0.357. The van der Waals surface area contributed by atoms with Crippen molar-refractivity contribution in [3.8, 4) is 0 Å². The van der Waals surface area contributed by atoms with Gasteiger partial charge in [-0.3, -0.25) is 14.4 Å². The van der Waals surface area contributed by atoms with Gasteiger partial charge in [0, 0.05) is 6.42 Å². The van der Waals surface area contributed by atoms with E-state index in [9.17, 15) is 14.4 Å². The quantitative estimate of drug-likeness (QED) is 0.484. The first-order chi connectivity index (χ1) is 9.08. The van der Waals surface area contributed by atoms with Gasteiger partial charge in [0.25, 0.3) is 0 Å². The maximum atomic E-state index is 11.9. The number of carbonyl (C=O) groups is 3. The van der Waals surface area contributed by atoms with E-state index in [-0.39, 0.29) is 24.7 Å². The van der Waals surface area contributed by atoms with Crippen molar-refractivity contribution < 1.29 is 19.1 Å². The molecule has 100 valence electrons. The molecular formula is C14H15NO4. The van der Waals surface area contributed by atoms with Crippen molar-refractivity contribution in [3.05, 3.63) is 35.9 Å². The second-order valence-electron chi connectivity index (χ2n) is 4.56. The molecule has 2 rings (SSSR count). The van der Waals surface area contributed by atoms with Crippen LogP contribution < -0.4 is 5.32 Å². The number of esters is 1. The first-order valence-electron chi connectivity index (χ1n) is 6.08. The molecular weight excluding hydrogens is 246 g/mol.